The zero-order valence-electron chi connectivity index (χ0n) is 9.22. The first-order chi connectivity index (χ1) is 6.58. The van der Waals surface area contributed by atoms with Gasteiger partial charge in [-0.3, -0.25) is 5.10 Å². The van der Waals surface area contributed by atoms with Crippen LogP contribution in [0.1, 0.15) is 26.3 Å². The minimum absolute atomic E-state index is 0.206. The van der Waals surface area contributed by atoms with E-state index in [1.54, 1.807) is 0 Å². The number of hydrogen-bond acceptors (Lipinski definition) is 3. The van der Waals surface area contributed by atoms with E-state index in [0.717, 1.165) is 19.6 Å². The fourth-order valence-electron chi connectivity index (χ4n) is 1.13. The van der Waals surface area contributed by atoms with Crippen molar-refractivity contribution in [1.29, 1.82) is 0 Å². The lowest BCUT2D eigenvalue weighted by molar-refractivity contribution is 0.421. The number of hydrogen-bond donors (Lipinski definition) is 3. The third-order valence-corrected chi connectivity index (χ3v) is 1.84. The summed E-state index contributed by atoms with van der Waals surface area (Å²) in [5.74, 6) is 0. The Morgan fingerprint density at radius 2 is 2.14 bits per heavy atom. The second kappa shape index (κ2) is 5.12. The predicted molar refractivity (Wildman–Crippen MR) is 58.1 cm³/mol. The molecule has 4 nitrogen and oxygen atoms in total. The van der Waals surface area contributed by atoms with Gasteiger partial charge in [0.2, 0.25) is 0 Å². The minimum atomic E-state index is 0.206. The lowest BCUT2D eigenvalue weighted by atomic mass is 10.1. The summed E-state index contributed by atoms with van der Waals surface area (Å²) in [6, 6.07) is 0. The Morgan fingerprint density at radius 3 is 2.71 bits per heavy atom. The average Bonchev–Trinajstić information content (AvgIpc) is 2.54. The molecule has 1 aromatic rings. The molecule has 0 amide bonds. The van der Waals surface area contributed by atoms with Crippen molar-refractivity contribution in [2.75, 3.05) is 13.1 Å². The lowest BCUT2D eigenvalue weighted by Gasteiger charge is -2.20. The molecular weight excluding hydrogens is 176 g/mol. The first-order valence-electron chi connectivity index (χ1n) is 5.01. The fraction of sp³-hybridized carbons (Fsp3) is 0.700. The SMILES string of the molecule is CC(C)(C)NCCNCc1cn[nH]c1. The second-order valence-electron chi connectivity index (χ2n) is 4.46. The van der Waals surface area contributed by atoms with Crippen LogP contribution < -0.4 is 10.6 Å². The van der Waals surface area contributed by atoms with Crippen LogP contribution in [-0.2, 0) is 6.54 Å². The van der Waals surface area contributed by atoms with Crippen molar-refractivity contribution >= 4 is 0 Å². The summed E-state index contributed by atoms with van der Waals surface area (Å²) < 4.78 is 0. The van der Waals surface area contributed by atoms with E-state index in [2.05, 4.69) is 41.6 Å². The molecule has 0 unspecified atom stereocenters. The molecule has 1 heterocycles. The van der Waals surface area contributed by atoms with E-state index in [1.807, 2.05) is 12.4 Å². The summed E-state index contributed by atoms with van der Waals surface area (Å²) in [5.41, 5.74) is 1.40. The number of nitrogens with one attached hydrogen (secondary N) is 3. The Balaban J connectivity index is 2.00. The van der Waals surface area contributed by atoms with E-state index in [4.69, 9.17) is 0 Å². The van der Waals surface area contributed by atoms with Gasteiger partial charge in [-0.25, -0.2) is 0 Å². The molecule has 0 fully saturated rings. The highest BCUT2D eigenvalue weighted by Gasteiger charge is 2.06. The summed E-state index contributed by atoms with van der Waals surface area (Å²) in [5, 5.41) is 13.4. The first-order valence-corrected chi connectivity index (χ1v) is 5.01. The summed E-state index contributed by atoms with van der Waals surface area (Å²) in [7, 11) is 0. The molecule has 1 rings (SSSR count). The average molecular weight is 196 g/mol. The van der Waals surface area contributed by atoms with E-state index >= 15 is 0 Å². The number of aromatic amines is 1. The molecule has 0 aliphatic rings. The maximum atomic E-state index is 3.88. The molecule has 4 heteroatoms. The van der Waals surface area contributed by atoms with E-state index in [9.17, 15) is 0 Å². The van der Waals surface area contributed by atoms with Crippen molar-refractivity contribution in [3.8, 4) is 0 Å². The van der Waals surface area contributed by atoms with Crippen LogP contribution in [0.15, 0.2) is 12.4 Å². The Bertz CT molecular complexity index is 235. The van der Waals surface area contributed by atoms with Gasteiger partial charge in [0.15, 0.2) is 0 Å². The van der Waals surface area contributed by atoms with E-state index in [-0.39, 0.29) is 5.54 Å². The van der Waals surface area contributed by atoms with Gasteiger partial charge < -0.3 is 10.6 Å². The normalized spacial score (nSPS) is 11.9. The highest BCUT2D eigenvalue weighted by molar-refractivity contribution is 5.01. The topological polar surface area (TPSA) is 52.7 Å². The lowest BCUT2D eigenvalue weighted by Crippen LogP contribution is -2.40. The fourth-order valence-corrected chi connectivity index (χ4v) is 1.13. The maximum absolute atomic E-state index is 3.88. The summed E-state index contributed by atoms with van der Waals surface area (Å²) in [4.78, 5) is 0. The molecule has 0 radical (unpaired) electrons. The van der Waals surface area contributed by atoms with Crippen LogP contribution in [0.3, 0.4) is 0 Å². The Labute approximate surface area is 85.5 Å². The monoisotopic (exact) mass is 196 g/mol. The van der Waals surface area contributed by atoms with Crippen LogP contribution in [0.25, 0.3) is 0 Å². The number of nitrogens with zero attached hydrogens (tertiary/aromatic N) is 1. The van der Waals surface area contributed by atoms with Crippen molar-refractivity contribution in [1.82, 2.24) is 20.8 Å². The summed E-state index contributed by atoms with van der Waals surface area (Å²) >= 11 is 0. The van der Waals surface area contributed by atoms with Gasteiger partial charge >= 0.3 is 0 Å². The molecule has 0 aromatic carbocycles. The minimum Gasteiger partial charge on any atom is -0.311 e. The van der Waals surface area contributed by atoms with Gasteiger partial charge in [0.05, 0.1) is 6.20 Å². The number of aromatic nitrogens is 2. The van der Waals surface area contributed by atoms with Gasteiger partial charge in [-0.05, 0) is 20.8 Å². The zero-order valence-corrected chi connectivity index (χ0v) is 9.22. The van der Waals surface area contributed by atoms with Gasteiger partial charge in [-0.2, -0.15) is 5.10 Å². The molecule has 0 spiro atoms. The van der Waals surface area contributed by atoms with E-state index < -0.39 is 0 Å². The van der Waals surface area contributed by atoms with Crippen molar-refractivity contribution in [2.24, 2.45) is 0 Å². The Morgan fingerprint density at radius 1 is 1.36 bits per heavy atom. The maximum Gasteiger partial charge on any atom is 0.0532 e. The third kappa shape index (κ3) is 4.99. The molecule has 0 saturated heterocycles. The number of H-pyrrole nitrogens is 1. The van der Waals surface area contributed by atoms with Crippen LogP contribution in [-0.4, -0.2) is 28.8 Å². The van der Waals surface area contributed by atoms with E-state index in [1.165, 1.54) is 5.56 Å². The van der Waals surface area contributed by atoms with Crippen LogP contribution in [0.2, 0.25) is 0 Å². The molecule has 1 aromatic heterocycles. The standard InChI is InChI=1S/C10H20N4/c1-10(2,3)12-5-4-11-6-9-7-13-14-8-9/h7-8,11-12H,4-6H2,1-3H3,(H,13,14). The van der Waals surface area contributed by atoms with Crippen molar-refractivity contribution in [3.05, 3.63) is 18.0 Å². The molecule has 0 aliphatic heterocycles. The van der Waals surface area contributed by atoms with E-state index in [0.29, 0.717) is 0 Å². The van der Waals surface area contributed by atoms with Gasteiger partial charge in [-0.1, -0.05) is 0 Å². The van der Waals surface area contributed by atoms with Crippen LogP contribution in [0.4, 0.5) is 0 Å². The van der Waals surface area contributed by atoms with Gasteiger partial charge in [0.25, 0.3) is 0 Å². The predicted octanol–water partition coefficient (Wildman–Crippen LogP) is 0.887. The largest absolute Gasteiger partial charge is 0.311 e. The highest BCUT2D eigenvalue weighted by atomic mass is 15.1. The Hall–Kier alpha value is -0.870. The molecule has 0 bridgehead atoms. The second-order valence-corrected chi connectivity index (χ2v) is 4.46. The summed E-state index contributed by atoms with van der Waals surface area (Å²) in [6.07, 6.45) is 3.74. The van der Waals surface area contributed by atoms with Gasteiger partial charge in [0.1, 0.15) is 0 Å². The van der Waals surface area contributed by atoms with Crippen molar-refractivity contribution in [2.45, 2.75) is 32.9 Å². The van der Waals surface area contributed by atoms with Gasteiger partial charge in [0, 0.05) is 36.9 Å². The van der Waals surface area contributed by atoms with Crippen molar-refractivity contribution < 1.29 is 0 Å². The molecule has 0 atom stereocenters. The van der Waals surface area contributed by atoms with Crippen LogP contribution in [0.5, 0.6) is 0 Å². The number of rotatable bonds is 5. The van der Waals surface area contributed by atoms with Crippen LogP contribution in [0, 0.1) is 0 Å². The van der Waals surface area contributed by atoms with Crippen LogP contribution >= 0.6 is 0 Å². The molecule has 80 valence electrons. The first kappa shape index (κ1) is 11.2. The molecule has 14 heavy (non-hydrogen) atoms. The quantitative estimate of drug-likeness (QED) is 0.613. The molecule has 3 N–H and O–H groups in total. The third-order valence-electron chi connectivity index (χ3n) is 1.84. The zero-order chi connectivity index (χ0) is 10.4. The molecular formula is C10H20N4. The Kier molecular flexibility index (Phi) is 4.10. The van der Waals surface area contributed by atoms with Gasteiger partial charge in [-0.15, -0.1) is 0 Å². The highest BCUT2D eigenvalue weighted by Crippen LogP contribution is 1.96. The summed E-state index contributed by atoms with van der Waals surface area (Å²) in [6.45, 7) is 9.35. The molecule has 0 saturated carbocycles. The smallest absolute Gasteiger partial charge is 0.0532 e. The van der Waals surface area contributed by atoms with Crippen molar-refractivity contribution in [3.63, 3.8) is 0 Å². The molecule has 0 aliphatic carbocycles.